The first-order valence-electron chi connectivity index (χ1n) is 7.93. The van der Waals surface area contributed by atoms with E-state index >= 15 is 0 Å². The van der Waals surface area contributed by atoms with Crippen LogP contribution in [-0.4, -0.2) is 34.7 Å². The highest BCUT2D eigenvalue weighted by Crippen LogP contribution is 2.33. The number of nitrogens with zero attached hydrogens (tertiary/aromatic N) is 2. The van der Waals surface area contributed by atoms with E-state index in [0.717, 1.165) is 42.9 Å². The van der Waals surface area contributed by atoms with Crippen LogP contribution < -0.4 is 5.73 Å². The zero-order chi connectivity index (χ0) is 17.4. The predicted octanol–water partition coefficient (Wildman–Crippen LogP) is 3.69. The number of likely N-dealkylation sites (tertiary alicyclic amines) is 1. The highest BCUT2D eigenvalue weighted by atomic mass is 35.5. The van der Waals surface area contributed by atoms with Crippen LogP contribution in [0.3, 0.4) is 0 Å². The van der Waals surface area contributed by atoms with E-state index in [0.29, 0.717) is 18.7 Å². The van der Waals surface area contributed by atoms with Crippen molar-refractivity contribution in [1.29, 1.82) is 0 Å². The van der Waals surface area contributed by atoms with Gasteiger partial charge in [0.15, 0.2) is 0 Å². The minimum absolute atomic E-state index is 0. The number of aromatic amines is 1. The van der Waals surface area contributed by atoms with Crippen molar-refractivity contribution >= 4 is 12.4 Å². The Bertz CT molecular complexity index is 699. The van der Waals surface area contributed by atoms with E-state index in [4.69, 9.17) is 5.73 Å². The van der Waals surface area contributed by atoms with E-state index in [1.165, 1.54) is 12.1 Å². The van der Waals surface area contributed by atoms with Gasteiger partial charge in [0, 0.05) is 18.7 Å². The Kier molecular flexibility index (Phi) is 5.81. The lowest BCUT2D eigenvalue weighted by atomic mass is 9.90. The van der Waals surface area contributed by atoms with Crippen molar-refractivity contribution in [3.05, 3.63) is 41.6 Å². The second-order valence-electron chi connectivity index (χ2n) is 6.82. The van der Waals surface area contributed by atoms with Crippen molar-refractivity contribution in [2.75, 3.05) is 19.6 Å². The number of benzene rings is 1. The molecule has 3 rings (SSSR count). The van der Waals surface area contributed by atoms with Crippen molar-refractivity contribution in [2.45, 2.75) is 26.1 Å². The number of halogens is 4. The molecule has 0 saturated carbocycles. The average Bonchev–Trinajstić information content (AvgIpc) is 3.15. The van der Waals surface area contributed by atoms with Crippen molar-refractivity contribution in [3.8, 4) is 11.3 Å². The Balaban J connectivity index is 0.00000225. The van der Waals surface area contributed by atoms with Crippen molar-refractivity contribution in [2.24, 2.45) is 11.1 Å². The molecule has 1 aliphatic heterocycles. The van der Waals surface area contributed by atoms with E-state index in [-0.39, 0.29) is 17.8 Å². The molecule has 3 N–H and O–H groups in total. The zero-order valence-corrected chi connectivity index (χ0v) is 14.8. The highest BCUT2D eigenvalue weighted by molar-refractivity contribution is 5.85. The van der Waals surface area contributed by atoms with Gasteiger partial charge in [-0.25, -0.2) is 0 Å². The molecule has 1 unspecified atom stereocenters. The lowest BCUT2D eigenvalue weighted by Gasteiger charge is -2.22. The molecular formula is C17H22ClF3N4. The third kappa shape index (κ3) is 4.34. The van der Waals surface area contributed by atoms with Crippen LogP contribution in [0.1, 0.15) is 24.5 Å². The van der Waals surface area contributed by atoms with Gasteiger partial charge >= 0.3 is 6.18 Å². The van der Waals surface area contributed by atoms with Gasteiger partial charge < -0.3 is 5.73 Å². The van der Waals surface area contributed by atoms with Gasteiger partial charge in [0.2, 0.25) is 0 Å². The molecule has 25 heavy (non-hydrogen) atoms. The molecule has 2 heterocycles. The van der Waals surface area contributed by atoms with Crippen LogP contribution >= 0.6 is 12.4 Å². The molecule has 1 saturated heterocycles. The number of nitrogens with one attached hydrogen (secondary N) is 1. The molecule has 0 amide bonds. The Labute approximate surface area is 151 Å². The van der Waals surface area contributed by atoms with Gasteiger partial charge in [-0.05, 0) is 42.6 Å². The fraction of sp³-hybridized carbons (Fsp3) is 0.471. The maximum atomic E-state index is 12.7. The number of rotatable bonds is 4. The number of H-pyrrole nitrogens is 1. The fourth-order valence-corrected chi connectivity index (χ4v) is 3.18. The van der Waals surface area contributed by atoms with Crippen LogP contribution in [0.2, 0.25) is 0 Å². The number of aromatic nitrogens is 2. The standard InChI is InChI=1S/C17H21F3N4.ClH/c1-16(10-21)6-7-24(11-16)9-13-8-22-23-15(13)12-2-4-14(5-3-12)17(18,19)20;/h2-5,8H,6-7,9-11,21H2,1H3,(H,22,23);1H. The van der Waals surface area contributed by atoms with Gasteiger partial charge in [0.05, 0.1) is 17.5 Å². The van der Waals surface area contributed by atoms with Crippen LogP contribution in [-0.2, 0) is 12.7 Å². The molecule has 1 aromatic heterocycles. The monoisotopic (exact) mass is 374 g/mol. The van der Waals surface area contributed by atoms with Crippen LogP contribution in [0.25, 0.3) is 11.3 Å². The second kappa shape index (κ2) is 7.35. The van der Waals surface area contributed by atoms with Gasteiger partial charge in [0.1, 0.15) is 0 Å². The first kappa shape index (κ1) is 19.8. The molecule has 1 fully saturated rings. The molecule has 1 aliphatic rings. The summed E-state index contributed by atoms with van der Waals surface area (Å²) in [5, 5.41) is 6.98. The first-order chi connectivity index (χ1) is 11.3. The number of hydrogen-bond acceptors (Lipinski definition) is 3. The summed E-state index contributed by atoms with van der Waals surface area (Å²) in [5.41, 5.74) is 7.78. The van der Waals surface area contributed by atoms with E-state index in [1.807, 2.05) is 0 Å². The van der Waals surface area contributed by atoms with Crippen LogP contribution in [0, 0.1) is 5.41 Å². The Morgan fingerprint density at radius 3 is 2.52 bits per heavy atom. The number of nitrogens with two attached hydrogens (primary N) is 1. The third-order valence-corrected chi connectivity index (χ3v) is 4.74. The summed E-state index contributed by atoms with van der Waals surface area (Å²) in [5.74, 6) is 0. The van der Waals surface area contributed by atoms with Gasteiger partial charge in [-0.15, -0.1) is 12.4 Å². The molecule has 4 nitrogen and oxygen atoms in total. The van der Waals surface area contributed by atoms with Crippen molar-refractivity contribution in [1.82, 2.24) is 15.1 Å². The van der Waals surface area contributed by atoms with Crippen molar-refractivity contribution < 1.29 is 13.2 Å². The van der Waals surface area contributed by atoms with Gasteiger partial charge in [0.25, 0.3) is 0 Å². The minimum atomic E-state index is -4.32. The van der Waals surface area contributed by atoms with E-state index in [1.54, 1.807) is 6.20 Å². The molecule has 0 bridgehead atoms. The SMILES string of the molecule is CC1(CN)CCN(Cc2cn[nH]c2-c2ccc(C(F)(F)F)cc2)C1.Cl. The van der Waals surface area contributed by atoms with Gasteiger partial charge in [-0.2, -0.15) is 18.3 Å². The predicted molar refractivity (Wildman–Crippen MR) is 93.3 cm³/mol. The summed E-state index contributed by atoms with van der Waals surface area (Å²) in [6.45, 7) is 5.43. The van der Waals surface area contributed by atoms with E-state index in [2.05, 4.69) is 22.0 Å². The van der Waals surface area contributed by atoms with Crippen LogP contribution in [0.4, 0.5) is 13.2 Å². The number of hydrogen-bond donors (Lipinski definition) is 2. The molecule has 0 radical (unpaired) electrons. The zero-order valence-electron chi connectivity index (χ0n) is 13.9. The smallest absolute Gasteiger partial charge is 0.330 e. The highest BCUT2D eigenvalue weighted by Gasteiger charge is 2.33. The number of alkyl halides is 3. The molecule has 138 valence electrons. The van der Waals surface area contributed by atoms with Gasteiger partial charge in [-0.1, -0.05) is 19.1 Å². The lowest BCUT2D eigenvalue weighted by molar-refractivity contribution is -0.137. The normalized spacial score (nSPS) is 21.3. The quantitative estimate of drug-likeness (QED) is 0.858. The molecular weight excluding hydrogens is 353 g/mol. The molecule has 0 spiro atoms. The topological polar surface area (TPSA) is 57.9 Å². The summed E-state index contributed by atoms with van der Waals surface area (Å²) in [7, 11) is 0. The van der Waals surface area contributed by atoms with Crippen LogP contribution in [0.5, 0.6) is 0 Å². The fourth-order valence-electron chi connectivity index (χ4n) is 3.18. The van der Waals surface area contributed by atoms with Crippen LogP contribution in [0.15, 0.2) is 30.5 Å². The maximum Gasteiger partial charge on any atom is 0.416 e. The summed E-state index contributed by atoms with van der Waals surface area (Å²) in [6, 6.07) is 5.16. The molecule has 1 atom stereocenters. The lowest BCUT2D eigenvalue weighted by Crippen LogP contribution is -2.31. The maximum absolute atomic E-state index is 12.7. The molecule has 0 aliphatic carbocycles. The van der Waals surface area contributed by atoms with E-state index in [9.17, 15) is 13.2 Å². The minimum Gasteiger partial charge on any atom is -0.330 e. The molecule has 8 heteroatoms. The average molecular weight is 375 g/mol. The Hall–Kier alpha value is -1.57. The van der Waals surface area contributed by atoms with E-state index < -0.39 is 11.7 Å². The Morgan fingerprint density at radius 2 is 1.96 bits per heavy atom. The summed E-state index contributed by atoms with van der Waals surface area (Å²) >= 11 is 0. The van der Waals surface area contributed by atoms with Crippen molar-refractivity contribution in [3.63, 3.8) is 0 Å². The molecule has 2 aromatic rings. The Morgan fingerprint density at radius 1 is 1.28 bits per heavy atom. The summed E-state index contributed by atoms with van der Waals surface area (Å²) in [6.07, 6.45) is -1.53. The largest absolute Gasteiger partial charge is 0.416 e. The van der Waals surface area contributed by atoms with Gasteiger partial charge in [-0.3, -0.25) is 10.00 Å². The summed E-state index contributed by atoms with van der Waals surface area (Å²) < 4.78 is 38.0. The molecule has 1 aromatic carbocycles. The first-order valence-corrected chi connectivity index (χ1v) is 7.93. The summed E-state index contributed by atoms with van der Waals surface area (Å²) in [4.78, 5) is 2.31. The second-order valence-corrected chi connectivity index (χ2v) is 6.82. The third-order valence-electron chi connectivity index (χ3n) is 4.74.